The van der Waals surface area contributed by atoms with Crippen LogP contribution >= 0.6 is 0 Å². The molecule has 0 spiro atoms. The van der Waals surface area contributed by atoms with E-state index in [-0.39, 0.29) is 12.5 Å². The zero-order valence-electron chi connectivity index (χ0n) is 13.5. The van der Waals surface area contributed by atoms with Crippen LogP contribution in [-0.2, 0) is 21.5 Å². The summed E-state index contributed by atoms with van der Waals surface area (Å²) in [6.45, 7) is 1.42. The Labute approximate surface area is 140 Å². The molecule has 0 bridgehead atoms. The quantitative estimate of drug-likeness (QED) is 0.879. The lowest BCUT2D eigenvalue weighted by atomic mass is 9.80. The molecule has 2 aromatic rings. The number of carboxylic acids is 1. The Bertz CT molecular complexity index is 700. The Kier molecular flexibility index (Phi) is 4.64. The molecular formula is C18H21N3O3. The highest BCUT2D eigenvalue weighted by atomic mass is 16.4. The average molecular weight is 327 g/mol. The summed E-state index contributed by atoms with van der Waals surface area (Å²) in [6, 6.07) is 11.1. The van der Waals surface area contributed by atoms with E-state index < -0.39 is 11.4 Å². The highest BCUT2D eigenvalue weighted by Crippen LogP contribution is 2.35. The maximum atomic E-state index is 12.4. The van der Waals surface area contributed by atoms with Crippen LogP contribution in [0.4, 0.5) is 0 Å². The van der Waals surface area contributed by atoms with Gasteiger partial charge in [-0.2, -0.15) is 5.10 Å². The molecule has 1 atom stereocenters. The lowest BCUT2D eigenvalue weighted by molar-refractivity contribution is -0.143. The van der Waals surface area contributed by atoms with Crippen LogP contribution in [0.2, 0.25) is 0 Å². The van der Waals surface area contributed by atoms with E-state index in [2.05, 4.69) is 5.10 Å². The third kappa shape index (κ3) is 3.18. The van der Waals surface area contributed by atoms with Crippen molar-refractivity contribution in [3.05, 3.63) is 54.4 Å². The third-order valence-corrected chi connectivity index (χ3v) is 4.69. The van der Waals surface area contributed by atoms with Gasteiger partial charge in [0.05, 0.1) is 0 Å². The van der Waals surface area contributed by atoms with Gasteiger partial charge < -0.3 is 10.0 Å². The van der Waals surface area contributed by atoms with Crippen LogP contribution < -0.4 is 0 Å². The fourth-order valence-corrected chi connectivity index (χ4v) is 3.30. The lowest BCUT2D eigenvalue weighted by Crippen LogP contribution is -2.40. The maximum Gasteiger partial charge on any atom is 0.316 e. The zero-order valence-corrected chi connectivity index (χ0v) is 13.5. The lowest BCUT2D eigenvalue weighted by Gasteiger charge is -2.25. The first kappa shape index (κ1) is 16.2. The second-order valence-electron chi connectivity index (χ2n) is 6.19. The summed E-state index contributed by atoms with van der Waals surface area (Å²) in [7, 11) is 0. The van der Waals surface area contributed by atoms with Crippen LogP contribution in [0.5, 0.6) is 0 Å². The number of aromatic nitrogens is 2. The van der Waals surface area contributed by atoms with E-state index in [4.69, 9.17) is 0 Å². The number of aliphatic carboxylic acids is 1. The molecule has 1 fully saturated rings. The van der Waals surface area contributed by atoms with Crippen molar-refractivity contribution in [1.29, 1.82) is 0 Å². The van der Waals surface area contributed by atoms with E-state index in [1.807, 2.05) is 42.6 Å². The molecule has 1 amide bonds. The largest absolute Gasteiger partial charge is 0.481 e. The minimum Gasteiger partial charge on any atom is -0.481 e. The number of hydrogen-bond donors (Lipinski definition) is 1. The number of hydrogen-bond acceptors (Lipinski definition) is 3. The minimum atomic E-state index is -0.987. The summed E-state index contributed by atoms with van der Waals surface area (Å²) < 4.78 is 1.79. The predicted molar refractivity (Wildman–Crippen MR) is 88.4 cm³/mol. The number of nitrogens with zero attached hydrogens (tertiary/aromatic N) is 3. The number of aryl methyl sites for hydroxylation is 1. The summed E-state index contributed by atoms with van der Waals surface area (Å²) >= 11 is 0. The normalized spacial score (nSPS) is 20.2. The molecule has 1 aliphatic rings. The smallest absolute Gasteiger partial charge is 0.316 e. The molecule has 0 radical (unpaired) electrons. The molecule has 0 aliphatic carbocycles. The molecule has 1 saturated heterocycles. The van der Waals surface area contributed by atoms with Gasteiger partial charge in [-0.25, -0.2) is 0 Å². The first-order valence-electron chi connectivity index (χ1n) is 8.16. The minimum absolute atomic E-state index is 0.0150. The number of rotatable bonds is 6. The van der Waals surface area contributed by atoms with Gasteiger partial charge in [0, 0.05) is 38.4 Å². The number of likely N-dealkylation sites (tertiary alicyclic amines) is 1. The maximum absolute atomic E-state index is 12.4. The molecule has 3 rings (SSSR count). The highest BCUT2D eigenvalue weighted by molar-refractivity contribution is 5.85. The Morgan fingerprint density at radius 3 is 2.67 bits per heavy atom. The highest BCUT2D eigenvalue weighted by Gasteiger charge is 2.47. The standard InChI is InChI=1S/C18H21N3O3/c22-16(8-4-11-21-12-5-10-19-21)20-13-9-18(14-20,17(23)24)15-6-2-1-3-7-15/h1-3,5-7,10,12H,4,8-9,11,13-14H2,(H,23,24)/t18-/m1/s1. The van der Waals surface area contributed by atoms with Crippen molar-refractivity contribution in [2.24, 2.45) is 0 Å². The third-order valence-electron chi connectivity index (χ3n) is 4.69. The van der Waals surface area contributed by atoms with Gasteiger partial charge in [-0.05, 0) is 24.5 Å². The fraction of sp³-hybridized carbons (Fsp3) is 0.389. The van der Waals surface area contributed by atoms with E-state index in [1.165, 1.54) is 0 Å². The van der Waals surface area contributed by atoms with E-state index in [1.54, 1.807) is 15.8 Å². The number of amides is 1. The van der Waals surface area contributed by atoms with Gasteiger partial charge in [-0.1, -0.05) is 30.3 Å². The van der Waals surface area contributed by atoms with Crippen LogP contribution in [0.25, 0.3) is 0 Å². The van der Waals surface area contributed by atoms with Crippen LogP contribution in [0, 0.1) is 0 Å². The first-order valence-corrected chi connectivity index (χ1v) is 8.16. The van der Waals surface area contributed by atoms with Gasteiger partial charge in [0.2, 0.25) is 5.91 Å². The molecule has 2 heterocycles. The SMILES string of the molecule is O=C(CCCn1cccn1)N1CC[C@](C(=O)O)(c2ccccc2)C1. The van der Waals surface area contributed by atoms with E-state index in [9.17, 15) is 14.7 Å². The van der Waals surface area contributed by atoms with Crippen LogP contribution in [-0.4, -0.2) is 44.8 Å². The molecule has 24 heavy (non-hydrogen) atoms. The topological polar surface area (TPSA) is 75.4 Å². The molecule has 6 nitrogen and oxygen atoms in total. The average Bonchev–Trinajstić information content (AvgIpc) is 3.26. The van der Waals surface area contributed by atoms with E-state index in [0.29, 0.717) is 32.4 Å². The van der Waals surface area contributed by atoms with Gasteiger partial charge in [0.1, 0.15) is 5.41 Å². The first-order chi connectivity index (χ1) is 11.6. The van der Waals surface area contributed by atoms with Gasteiger partial charge in [-0.3, -0.25) is 14.3 Å². The molecule has 1 aromatic heterocycles. The number of carbonyl (C=O) groups is 2. The summed E-state index contributed by atoms with van der Waals surface area (Å²) in [6.07, 6.45) is 5.14. The summed E-state index contributed by atoms with van der Waals surface area (Å²) in [5.41, 5.74) is -0.219. The fourth-order valence-electron chi connectivity index (χ4n) is 3.30. The van der Waals surface area contributed by atoms with Crippen molar-refractivity contribution in [3.8, 4) is 0 Å². The Morgan fingerprint density at radius 2 is 2.00 bits per heavy atom. The summed E-state index contributed by atoms with van der Waals surface area (Å²) in [5.74, 6) is -0.846. The Hall–Kier alpha value is -2.63. The van der Waals surface area contributed by atoms with E-state index >= 15 is 0 Å². The summed E-state index contributed by atoms with van der Waals surface area (Å²) in [4.78, 5) is 26.0. The predicted octanol–water partition coefficient (Wildman–Crippen LogP) is 1.92. The van der Waals surface area contributed by atoms with Crippen LogP contribution in [0.15, 0.2) is 48.8 Å². The number of carboxylic acid groups (broad SMARTS) is 1. The zero-order chi connectivity index (χ0) is 17.0. The van der Waals surface area contributed by atoms with Crippen molar-refractivity contribution in [2.45, 2.75) is 31.2 Å². The molecule has 126 valence electrons. The van der Waals surface area contributed by atoms with Crippen LogP contribution in [0.3, 0.4) is 0 Å². The van der Waals surface area contributed by atoms with Gasteiger partial charge >= 0.3 is 5.97 Å². The van der Waals surface area contributed by atoms with Gasteiger partial charge in [-0.15, -0.1) is 0 Å². The molecule has 6 heteroatoms. The van der Waals surface area contributed by atoms with Gasteiger partial charge in [0.25, 0.3) is 0 Å². The monoisotopic (exact) mass is 327 g/mol. The molecule has 1 aliphatic heterocycles. The Balaban J connectivity index is 1.62. The molecule has 0 saturated carbocycles. The second-order valence-corrected chi connectivity index (χ2v) is 6.19. The van der Waals surface area contributed by atoms with Crippen molar-refractivity contribution in [3.63, 3.8) is 0 Å². The summed E-state index contributed by atoms with van der Waals surface area (Å²) in [5, 5.41) is 13.9. The Morgan fingerprint density at radius 1 is 1.21 bits per heavy atom. The van der Waals surface area contributed by atoms with Crippen molar-refractivity contribution < 1.29 is 14.7 Å². The number of carbonyl (C=O) groups excluding carboxylic acids is 1. The molecule has 1 aromatic carbocycles. The molecular weight excluding hydrogens is 306 g/mol. The van der Waals surface area contributed by atoms with Crippen molar-refractivity contribution in [1.82, 2.24) is 14.7 Å². The van der Waals surface area contributed by atoms with E-state index in [0.717, 1.165) is 5.56 Å². The van der Waals surface area contributed by atoms with Crippen molar-refractivity contribution >= 4 is 11.9 Å². The van der Waals surface area contributed by atoms with Crippen molar-refractivity contribution in [2.75, 3.05) is 13.1 Å². The van der Waals surface area contributed by atoms with Crippen LogP contribution in [0.1, 0.15) is 24.8 Å². The molecule has 0 unspecified atom stereocenters. The number of benzene rings is 1. The van der Waals surface area contributed by atoms with Gasteiger partial charge in [0.15, 0.2) is 0 Å². The second kappa shape index (κ2) is 6.86. The molecule has 1 N–H and O–H groups in total.